The third-order valence-corrected chi connectivity index (χ3v) is 7.08. The molecule has 27 heavy (non-hydrogen) atoms. The minimum absolute atomic E-state index is 0. The van der Waals surface area contributed by atoms with Crippen LogP contribution >= 0.6 is 7.60 Å². The van der Waals surface area contributed by atoms with E-state index in [2.05, 4.69) is 0 Å². The molecule has 0 saturated carbocycles. The molecule has 0 aromatic heterocycles. The normalized spacial score (nSPS) is 12.1. The zero-order chi connectivity index (χ0) is 17.8. The van der Waals surface area contributed by atoms with E-state index < -0.39 is 29.1 Å². The molecule has 0 amide bonds. The third kappa shape index (κ3) is 11.7. The summed E-state index contributed by atoms with van der Waals surface area (Å²) in [6, 6.07) is 17.2. The van der Waals surface area contributed by atoms with Crippen LogP contribution in [0.15, 0.2) is 54.6 Å². The van der Waals surface area contributed by atoms with Crippen molar-refractivity contribution in [1.29, 1.82) is 0 Å². The molecule has 0 bridgehead atoms. The molecule has 1 atom stereocenters. The van der Waals surface area contributed by atoms with E-state index in [4.69, 9.17) is 0 Å². The number of rotatable bonds is 7. The Hall–Kier alpha value is 3.41. The van der Waals surface area contributed by atoms with Crippen LogP contribution in [-0.2, 0) is 21.1 Å². The Balaban J connectivity index is 0. The fraction of sp³-hybridized carbons (Fsp3) is 0.250. The number of aryl methyl sites for hydroxylation is 1. The van der Waals surface area contributed by atoms with Crippen LogP contribution in [0.3, 0.4) is 0 Å². The quantitative estimate of drug-likeness (QED) is 0.219. The van der Waals surface area contributed by atoms with Crippen LogP contribution in [0.5, 0.6) is 0 Å². The first-order valence-electron chi connectivity index (χ1n) is 7.29. The van der Waals surface area contributed by atoms with Crippen molar-refractivity contribution in [3.05, 3.63) is 60.2 Å². The summed E-state index contributed by atoms with van der Waals surface area (Å²) in [5, 5.41) is 0. The van der Waals surface area contributed by atoms with E-state index in [0.717, 1.165) is 16.7 Å². The molecule has 0 aliphatic carbocycles. The van der Waals surface area contributed by atoms with Crippen LogP contribution in [-0.4, -0.2) is 18.0 Å². The molecule has 11 heteroatoms. The van der Waals surface area contributed by atoms with Gasteiger partial charge in [-0.2, -0.15) is 0 Å². The smallest absolute Gasteiger partial charge is 0.810 e. The summed E-state index contributed by atoms with van der Waals surface area (Å²) in [7, 11) is -10.6. The number of benzene rings is 2. The summed E-state index contributed by atoms with van der Waals surface area (Å²) in [6.45, 7) is 0. The summed E-state index contributed by atoms with van der Waals surface area (Å²) in [5.74, 6) is 0. The molecule has 0 saturated heterocycles. The van der Waals surface area contributed by atoms with Gasteiger partial charge in [0.05, 0.1) is 4.99 Å². The molecular weight excluding hydrogens is 469 g/mol. The minimum atomic E-state index is -5.47. The Morgan fingerprint density at radius 1 is 0.852 bits per heavy atom. The molecular formula is C16H16K3O6PS. The first-order chi connectivity index (χ1) is 11.2. The topological polar surface area (TPSA) is 120 Å². The van der Waals surface area contributed by atoms with Crippen molar-refractivity contribution in [2.45, 2.75) is 24.3 Å². The van der Waals surface area contributed by atoms with Crippen molar-refractivity contribution in [2.75, 3.05) is 0 Å². The third-order valence-electron chi connectivity index (χ3n) is 3.66. The zero-order valence-corrected chi connectivity index (χ0v) is 26.8. The van der Waals surface area contributed by atoms with Crippen LogP contribution in [0.4, 0.5) is 0 Å². The van der Waals surface area contributed by atoms with Crippen LogP contribution in [0.25, 0.3) is 11.1 Å². The van der Waals surface area contributed by atoms with Gasteiger partial charge in [-0.3, -0.25) is 0 Å². The zero-order valence-electron chi connectivity index (χ0n) is 15.7. The first-order valence-corrected chi connectivity index (χ1v) is 10.4. The van der Waals surface area contributed by atoms with Gasteiger partial charge in [0, 0.05) is 0 Å². The van der Waals surface area contributed by atoms with E-state index in [0.29, 0.717) is 6.42 Å². The van der Waals surface area contributed by atoms with Crippen molar-refractivity contribution in [2.24, 2.45) is 0 Å². The summed E-state index contributed by atoms with van der Waals surface area (Å²) >= 11 is 0. The largest absolute Gasteiger partial charge is 1.00 e. The molecule has 0 N–H and O–H groups in total. The van der Waals surface area contributed by atoms with E-state index in [1.54, 1.807) is 0 Å². The van der Waals surface area contributed by atoms with Gasteiger partial charge in [-0.15, -0.1) is 0 Å². The van der Waals surface area contributed by atoms with Gasteiger partial charge in [-0.25, -0.2) is 8.42 Å². The van der Waals surface area contributed by atoms with Crippen LogP contribution < -0.4 is 164 Å². The van der Waals surface area contributed by atoms with Crippen molar-refractivity contribution in [1.82, 2.24) is 0 Å². The van der Waals surface area contributed by atoms with E-state index in [1.165, 1.54) is 0 Å². The number of hydrogen-bond acceptors (Lipinski definition) is 6. The maximum absolute atomic E-state index is 10.9. The average molecular weight is 485 g/mol. The Labute approximate surface area is 287 Å². The van der Waals surface area contributed by atoms with Crippen molar-refractivity contribution >= 4 is 17.7 Å². The molecule has 0 spiro atoms. The van der Waals surface area contributed by atoms with E-state index in [-0.39, 0.29) is 161 Å². The minimum Gasteiger partial charge on any atom is -0.810 e. The standard InChI is InChI=1S/C16H19O6PS.3K/c17-23(18,19)16(24(20,21)22)8-4-5-13-9-11-15(12-10-13)14-6-2-1-3-7-14;;;/h1-3,6-7,9-12,16H,4-5,8H2,(H2,17,18,19)(H,20,21,22);;;/q;3*+1/p-3. The van der Waals surface area contributed by atoms with E-state index >= 15 is 0 Å². The average Bonchev–Trinajstić information content (AvgIpc) is 2.50. The van der Waals surface area contributed by atoms with Crippen LogP contribution in [0.1, 0.15) is 18.4 Å². The Morgan fingerprint density at radius 3 is 1.78 bits per heavy atom. The molecule has 2 aromatic carbocycles. The van der Waals surface area contributed by atoms with Crippen molar-refractivity contribution < 1.29 is 181 Å². The molecule has 0 aliphatic heterocycles. The van der Waals surface area contributed by atoms with Crippen molar-refractivity contribution in [3.63, 3.8) is 0 Å². The summed E-state index contributed by atoms with van der Waals surface area (Å²) in [6.07, 6.45) is 0.00290. The van der Waals surface area contributed by atoms with Gasteiger partial charge in [0.25, 0.3) is 0 Å². The molecule has 0 fully saturated rings. The molecule has 2 aromatic rings. The van der Waals surface area contributed by atoms with Crippen LogP contribution in [0, 0.1) is 0 Å². The molecule has 0 radical (unpaired) electrons. The SMILES string of the molecule is O=P([O-])([O-])C(CCCc1ccc(-c2ccccc2)cc1)S(=O)(=O)[O-].[K+].[K+].[K+]. The van der Waals surface area contributed by atoms with Crippen LogP contribution in [0.2, 0.25) is 0 Å². The maximum atomic E-state index is 10.9. The van der Waals surface area contributed by atoms with Crippen molar-refractivity contribution in [3.8, 4) is 11.1 Å². The molecule has 1 unspecified atom stereocenters. The van der Waals surface area contributed by atoms with Gasteiger partial charge in [-0.1, -0.05) is 62.2 Å². The van der Waals surface area contributed by atoms with E-state index in [9.17, 15) is 27.3 Å². The molecule has 0 aliphatic rings. The molecule has 2 rings (SSSR count). The van der Waals surface area contributed by atoms with Gasteiger partial charge < -0.3 is 18.9 Å². The first kappa shape index (κ1) is 32.6. The fourth-order valence-corrected chi connectivity index (χ4v) is 4.65. The molecule has 0 heterocycles. The monoisotopic (exact) mass is 484 g/mol. The van der Waals surface area contributed by atoms with Gasteiger partial charge in [0.2, 0.25) is 0 Å². The second-order valence-electron chi connectivity index (χ2n) is 5.44. The summed E-state index contributed by atoms with van der Waals surface area (Å²) in [4.78, 5) is 19.4. The summed E-state index contributed by atoms with van der Waals surface area (Å²) in [5.41, 5.74) is 2.94. The van der Waals surface area contributed by atoms with E-state index in [1.807, 2.05) is 54.6 Å². The van der Waals surface area contributed by atoms with Gasteiger partial charge >= 0.3 is 154 Å². The number of hydrogen-bond donors (Lipinski definition) is 0. The summed E-state index contributed by atoms with van der Waals surface area (Å²) < 4.78 is 43.6. The second-order valence-corrected chi connectivity index (χ2v) is 9.05. The Kier molecular flexibility index (Phi) is 18.4. The fourth-order valence-electron chi connectivity index (χ4n) is 2.44. The Morgan fingerprint density at radius 2 is 1.33 bits per heavy atom. The molecule has 130 valence electrons. The van der Waals surface area contributed by atoms with Gasteiger partial charge in [0.1, 0.15) is 10.1 Å². The van der Waals surface area contributed by atoms with Gasteiger partial charge in [0.15, 0.2) is 0 Å². The maximum Gasteiger partial charge on any atom is 1.00 e. The predicted molar refractivity (Wildman–Crippen MR) is 85.9 cm³/mol. The Bertz CT molecular complexity index is 825. The van der Waals surface area contributed by atoms with Gasteiger partial charge in [-0.05, 0) is 36.0 Å². The second kappa shape index (κ2) is 15.3. The predicted octanol–water partition coefficient (Wildman–Crippen LogP) is -7.53. The molecule has 6 nitrogen and oxygen atoms in total.